The number of carboxylic acid groups (broad SMARTS) is 1. The molecule has 0 aliphatic rings. The van der Waals surface area contributed by atoms with Crippen molar-refractivity contribution < 1.29 is 23.5 Å². The maximum Gasteiger partial charge on any atom is 0.335 e. The molecule has 0 radical (unpaired) electrons. The molecule has 0 spiro atoms. The number of benzene rings is 2. The van der Waals surface area contributed by atoms with Crippen LogP contribution in [0.5, 0.6) is 0 Å². The Morgan fingerprint density at radius 2 is 1.71 bits per heavy atom. The van der Waals surface area contributed by atoms with E-state index in [1.165, 1.54) is 30.3 Å². The van der Waals surface area contributed by atoms with Crippen LogP contribution in [0.3, 0.4) is 0 Å². The smallest absolute Gasteiger partial charge is 0.335 e. The summed E-state index contributed by atoms with van der Waals surface area (Å²) >= 11 is 0. The van der Waals surface area contributed by atoms with Crippen LogP contribution in [-0.2, 0) is 0 Å². The quantitative estimate of drug-likeness (QED) is 0.913. The van der Waals surface area contributed by atoms with Gasteiger partial charge in [-0.3, -0.25) is 4.79 Å². The average Bonchev–Trinajstić information content (AvgIpc) is 2.42. The lowest BCUT2D eigenvalue weighted by atomic mass is 10.1. The molecule has 0 saturated heterocycles. The number of carbonyl (C=O) groups excluding carboxylic acids is 1. The van der Waals surface area contributed by atoms with Crippen molar-refractivity contribution in [2.75, 3.05) is 5.32 Å². The third-order valence-corrected chi connectivity index (χ3v) is 2.56. The molecule has 0 unspecified atom stereocenters. The minimum Gasteiger partial charge on any atom is -0.478 e. The van der Waals surface area contributed by atoms with Gasteiger partial charge in [-0.1, -0.05) is 12.1 Å². The monoisotopic (exact) mass is 313 g/mol. The van der Waals surface area contributed by atoms with Crippen LogP contribution < -0.4 is 5.32 Å². The first-order valence-corrected chi connectivity index (χ1v) is 5.58. The largest absolute Gasteiger partial charge is 0.478 e. The van der Waals surface area contributed by atoms with E-state index in [2.05, 4.69) is 5.32 Å². The topological polar surface area (TPSA) is 66.4 Å². The van der Waals surface area contributed by atoms with Crippen molar-refractivity contribution in [2.24, 2.45) is 0 Å². The maximum absolute atomic E-state index is 13.4. The van der Waals surface area contributed by atoms with Gasteiger partial charge >= 0.3 is 5.97 Å². The maximum atomic E-state index is 13.4. The minimum atomic E-state index is -1.25. The van der Waals surface area contributed by atoms with Crippen LogP contribution in [-0.4, -0.2) is 17.0 Å². The summed E-state index contributed by atoms with van der Waals surface area (Å²) in [5.41, 5.74) is -0.299. The molecule has 0 heterocycles. The van der Waals surface area contributed by atoms with E-state index in [0.29, 0.717) is 0 Å². The lowest BCUT2D eigenvalue weighted by Crippen LogP contribution is -2.14. The Labute approximate surface area is 124 Å². The highest BCUT2D eigenvalue weighted by Gasteiger charge is 2.15. The fraction of sp³-hybridized carbons (Fsp3) is 0. The first kappa shape index (κ1) is 16.6. The lowest BCUT2D eigenvalue weighted by Gasteiger charge is -2.07. The summed E-state index contributed by atoms with van der Waals surface area (Å²) in [7, 11) is 0. The minimum absolute atomic E-state index is 0. The number of hydrogen-bond donors (Lipinski definition) is 2. The Kier molecular flexibility index (Phi) is 5.37. The summed E-state index contributed by atoms with van der Waals surface area (Å²) < 4.78 is 26.4. The number of nitrogens with one attached hydrogen (secondary N) is 1. The van der Waals surface area contributed by atoms with E-state index in [-0.39, 0.29) is 23.7 Å². The molecule has 0 fully saturated rings. The van der Waals surface area contributed by atoms with Gasteiger partial charge in [0.05, 0.1) is 11.1 Å². The first-order valence-electron chi connectivity index (χ1n) is 5.58. The average molecular weight is 314 g/mol. The highest BCUT2D eigenvalue weighted by Crippen LogP contribution is 2.15. The van der Waals surface area contributed by atoms with E-state index in [0.717, 1.165) is 12.1 Å². The fourth-order valence-electron chi connectivity index (χ4n) is 1.61. The van der Waals surface area contributed by atoms with Crippen LogP contribution >= 0.6 is 12.4 Å². The molecule has 7 heteroatoms. The zero-order valence-electron chi connectivity index (χ0n) is 10.5. The first-order chi connectivity index (χ1) is 9.49. The molecule has 21 heavy (non-hydrogen) atoms. The van der Waals surface area contributed by atoms with Crippen LogP contribution in [0.15, 0.2) is 42.5 Å². The van der Waals surface area contributed by atoms with Crippen molar-refractivity contribution in [3.05, 3.63) is 65.2 Å². The molecule has 110 valence electrons. The Balaban J connectivity index is 0.00000220. The van der Waals surface area contributed by atoms with Gasteiger partial charge in [0, 0.05) is 5.69 Å². The zero-order chi connectivity index (χ0) is 14.7. The predicted molar refractivity (Wildman–Crippen MR) is 75.0 cm³/mol. The molecule has 2 aromatic rings. The van der Waals surface area contributed by atoms with Gasteiger partial charge in [-0.15, -0.1) is 12.4 Å². The van der Waals surface area contributed by atoms with Crippen LogP contribution in [0.2, 0.25) is 0 Å². The zero-order valence-corrected chi connectivity index (χ0v) is 11.3. The third-order valence-electron chi connectivity index (χ3n) is 2.56. The van der Waals surface area contributed by atoms with E-state index >= 15 is 0 Å². The third kappa shape index (κ3) is 3.76. The second kappa shape index (κ2) is 6.81. The van der Waals surface area contributed by atoms with Crippen molar-refractivity contribution in [1.29, 1.82) is 0 Å². The van der Waals surface area contributed by atoms with Gasteiger partial charge in [0.1, 0.15) is 0 Å². The highest BCUT2D eigenvalue weighted by atomic mass is 35.5. The predicted octanol–water partition coefficient (Wildman–Crippen LogP) is 3.34. The van der Waals surface area contributed by atoms with Crippen molar-refractivity contribution in [1.82, 2.24) is 0 Å². The van der Waals surface area contributed by atoms with E-state index in [1.807, 2.05) is 0 Å². The molecule has 2 rings (SSSR count). The second-order valence-electron chi connectivity index (χ2n) is 3.94. The molecule has 0 atom stereocenters. The lowest BCUT2D eigenvalue weighted by molar-refractivity contribution is 0.0696. The summed E-state index contributed by atoms with van der Waals surface area (Å²) in [6.07, 6.45) is 0. The highest BCUT2D eigenvalue weighted by molar-refractivity contribution is 6.05. The molecular weight excluding hydrogens is 304 g/mol. The Hall–Kier alpha value is -2.47. The molecule has 0 aliphatic heterocycles. The number of amides is 1. The number of halogens is 3. The van der Waals surface area contributed by atoms with Crippen LogP contribution in [0, 0.1) is 11.6 Å². The molecule has 0 aromatic heterocycles. The van der Waals surface area contributed by atoms with Gasteiger partial charge in [-0.05, 0) is 30.3 Å². The van der Waals surface area contributed by atoms with Crippen LogP contribution in [0.25, 0.3) is 0 Å². The van der Waals surface area contributed by atoms with Gasteiger partial charge in [-0.25, -0.2) is 13.6 Å². The van der Waals surface area contributed by atoms with E-state index in [4.69, 9.17) is 5.11 Å². The molecule has 2 N–H and O–H groups in total. The summed E-state index contributed by atoms with van der Waals surface area (Å²) in [5.74, 6) is -4.39. The number of hydrogen-bond acceptors (Lipinski definition) is 2. The molecule has 1 amide bonds. The van der Waals surface area contributed by atoms with E-state index < -0.39 is 29.1 Å². The van der Waals surface area contributed by atoms with E-state index in [1.54, 1.807) is 0 Å². The van der Waals surface area contributed by atoms with Gasteiger partial charge in [0.2, 0.25) is 0 Å². The number of carbonyl (C=O) groups is 2. The Bertz CT molecular complexity index is 692. The standard InChI is InChI=1S/C14H9F2NO3.ClH/c15-11-6-2-5-10(12(11)16)13(18)17-9-4-1-3-8(7-9)14(19)20;/h1-7H,(H,17,18)(H,19,20);1H. The Morgan fingerprint density at radius 1 is 1.05 bits per heavy atom. The number of carboxylic acids is 1. The number of anilines is 1. The van der Waals surface area contributed by atoms with Gasteiger partial charge in [-0.2, -0.15) is 0 Å². The summed E-state index contributed by atoms with van der Waals surface area (Å²) in [6, 6.07) is 8.69. The summed E-state index contributed by atoms with van der Waals surface area (Å²) in [5, 5.41) is 11.1. The van der Waals surface area contributed by atoms with Crippen molar-refractivity contribution >= 4 is 30.0 Å². The molecule has 0 saturated carbocycles. The van der Waals surface area contributed by atoms with Crippen molar-refractivity contribution in [3.63, 3.8) is 0 Å². The SMILES string of the molecule is Cl.O=C(O)c1cccc(NC(=O)c2cccc(F)c2F)c1. The molecule has 0 bridgehead atoms. The van der Waals surface area contributed by atoms with Crippen molar-refractivity contribution in [2.45, 2.75) is 0 Å². The van der Waals surface area contributed by atoms with Gasteiger partial charge in [0.15, 0.2) is 11.6 Å². The normalized spacial score (nSPS) is 9.62. The molecule has 4 nitrogen and oxygen atoms in total. The molecule has 2 aromatic carbocycles. The van der Waals surface area contributed by atoms with Crippen LogP contribution in [0.4, 0.5) is 14.5 Å². The second-order valence-corrected chi connectivity index (χ2v) is 3.94. The number of aromatic carboxylic acids is 1. The number of rotatable bonds is 3. The van der Waals surface area contributed by atoms with Gasteiger partial charge in [0.25, 0.3) is 5.91 Å². The summed E-state index contributed by atoms with van der Waals surface area (Å²) in [4.78, 5) is 22.6. The summed E-state index contributed by atoms with van der Waals surface area (Å²) in [6.45, 7) is 0. The fourth-order valence-corrected chi connectivity index (χ4v) is 1.61. The van der Waals surface area contributed by atoms with Crippen LogP contribution in [0.1, 0.15) is 20.7 Å². The Morgan fingerprint density at radius 3 is 2.38 bits per heavy atom. The van der Waals surface area contributed by atoms with E-state index in [9.17, 15) is 18.4 Å². The van der Waals surface area contributed by atoms with Crippen molar-refractivity contribution in [3.8, 4) is 0 Å². The molecular formula is C14H10ClF2NO3. The van der Waals surface area contributed by atoms with Gasteiger partial charge < -0.3 is 10.4 Å². The molecule has 0 aliphatic carbocycles.